The summed E-state index contributed by atoms with van der Waals surface area (Å²) in [4.78, 5) is 26.8. The fourth-order valence-corrected chi connectivity index (χ4v) is 5.67. The summed E-state index contributed by atoms with van der Waals surface area (Å²) < 4.78 is 16.3. The van der Waals surface area contributed by atoms with Crippen LogP contribution in [-0.2, 0) is 16.6 Å². The van der Waals surface area contributed by atoms with Gasteiger partial charge in [0.1, 0.15) is 29.4 Å². The van der Waals surface area contributed by atoms with Gasteiger partial charge in [0.2, 0.25) is 11.8 Å². The zero-order chi connectivity index (χ0) is 30.4. The van der Waals surface area contributed by atoms with Crippen molar-refractivity contribution in [2.75, 3.05) is 38.0 Å². The molecule has 1 radical (unpaired) electrons. The number of hydrogen-bond donors (Lipinski definition) is 1. The van der Waals surface area contributed by atoms with Crippen LogP contribution < -0.4 is 24.3 Å². The number of nitriles is 1. The van der Waals surface area contributed by atoms with Crippen molar-refractivity contribution in [3.05, 3.63) is 77.6 Å². The van der Waals surface area contributed by atoms with E-state index in [0.29, 0.717) is 35.3 Å². The number of rotatable bonds is 12. The second-order valence-corrected chi connectivity index (χ2v) is 10.5. The predicted molar refractivity (Wildman–Crippen MR) is 166 cm³/mol. The van der Waals surface area contributed by atoms with Crippen LogP contribution in [0.3, 0.4) is 0 Å². The van der Waals surface area contributed by atoms with E-state index in [1.54, 1.807) is 39.8 Å². The van der Waals surface area contributed by atoms with Gasteiger partial charge in [0.15, 0.2) is 0 Å². The summed E-state index contributed by atoms with van der Waals surface area (Å²) in [5.41, 5.74) is 5.09. The van der Waals surface area contributed by atoms with Gasteiger partial charge in [-0.05, 0) is 66.8 Å². The van der Waals surface area contributed by atoms with E-state index >= 15 is 0 Å². The molecule has 10 nitrogen and oxygen atoms in total. The van der Waals surface area contributed by atoms with Crippen LogP contribution in [0.15, 0.2) is 60.9 Å². The number of anilines is 3. The minimum atomic E-state index is -0.326. The Balaban J connectivity index is 1.46. The van der Waals surface area contributed by atoms with Crippen LogP contribution in [-0.4, -0.2) is 56.4 Å². The van der Waals surface area contributed by atoms with Gasteiger partial charge in [-0.15, -0.1) is 0 Å². The van der Waals surface area contributed by atoms with Crippen molar-refractivity contribution in [2.24, 2.45) is 0 Å². The summed E-state index contributed by atoms with van der Waals surface area (Å²) in [6, 6.07) is 17.5. The van der Waals surface area contributed by atoms with Crippen LogP contribution in [0.5, 0.6) is 17.4 Å². The number of methoxy groups -OCH3 is 3. The van der Waals surface area contributed by atoms with E-state index in [0.717, 1.165) is 59.3 Å². The van der Waals surface area contributed by atoms with E-state index in [9.17, 15) is 10.1 Å². The molecular weight excluding hydrogens is 543 g/mol. The summed E-state index contributed by atoms with van der Waals surface area (Å²) in [5.74, 6) is 2.33. The molecule has 1 aliphatic rings. The maximum atomic E-state index is 11.6. The highest BCUT2D eigenvalue weighted by molar-refractivity contribution is 6.70. The molecule has 11 heteroatoms. The maximum Gasteiger partial charge on any atom is 0.329 e. The van der Waals surface area contributed by atoms with Crippen LogP contribution >= 0.6 is 0 Å². The Morgan fingerprint density at radius 3 is 2.70 bits per heavy atom. The molecule has 5 rings (SSSR count). The molecule has 217 valence electrons. The Morgan fingerprint density at radius 1 is 1.09 bits per heavy atom. The average Bonchev–Trinajstić information content (AvgIpc) is 3.32. The lowest BCUT2D eigenvalue weighted by atomic mass is 9.78. The first kappa shape index (κ1) is 29.4. The lowest BCUT2D eigenvalue weighted by Gasteiger charge is -2.26. The van der Waals surface area contributed by atoms with E-state index in [1.807, 2.05) is 41.2 Å². The maximum absolute atomic E-state index is 11.6. The van der Waals surface area contributed by atoms with E-state index in [2.05, 4.69) is 34.3 Å². The number of fused-ring (bicyclic) bond motifs is 1. The highest BCUT2D eigenvalue weighted by Gasteiger charge is 2.40. The first-order valence-electron chi connectivity index (χ1n) is 13.9. The Bertz CT molecular complexity index is 1680. The molecule has 1 unspecified atom stereocenters. The summed E-state index contributed by atoms with van der Waals surface area (Å²) in [7, 11) is 6.35. The van der Waals surface area contributed by atoms with Crippen LogP contribution in [0.25, 0.3) is 11.3 Å². The van der Waals surface area contributed by atoms with Crippen molar-refractivity contribution < 1.29 is 19.0 Å². The molecule has 0 saturated carbocycles. The third-order valence-corrected chi connectivity index (χ3v) is 7.76. The molecule has 1 aliphatic heterocycles. The van der Waals surface area contributed by atoms with Crippen molar-refractivity contribution >= 4 is 30.9 Å². The second kappa shape index (κ2) is 12.8. The average molecular weight is 575 g/mol. The number of carbonyl (C=O) groups is 1. The summed E-state index contributed by atoms with van der Waals surface area (Å²) in [5, 5.41) is 13.4. The molecule has 0 fully saturated rings. The molecule has 1 N–H and O–H groups in total. The van der Waals surface area contributed by atoms with Gasteiger partial charge in [-0.1, -0.05) is 13.0 Å². The van der Waals surface area contributed by atoms with Gasteiger partial charge >= 0.3 is 7.41 Å². The summed E-state index contributed by atoms with van der Waals surface area (Å²) in [6.07, 6.45) is 6.57. The second-order valence-electron chi connectivity index (χ2n) is 10.5. The topological polar surface area (TPSA) is 122 Å². The first-order valence-corrected chi connectivity index (χ1v) is 13.9. The Morgan fingerprint density at radius 2 is 1.95 bits per heavy atom. The fourth-order valence-electron chi connectivity index (χ4n) is 5.67. The monoisotopic (exact) mass is 575 g/mol. The van der Waals surface area contributed by atoms with E-state index < -0.39 is 0 Å². The van der Waals surface area contributed by atoms with Gasteiger partial charge in [-0.3, -0.25) is 0 Å². The number of benzene rings is 2. The molecular formula is C32H32BN6O4. The van der Waals surface area contributed by atoms with Gasteiger partial charge in [-0.2, -0.15) is 5.26 Å². The third kappa shape index (κ3) is 6.09. The molecule has 1 atom stereocenters. The summed E-state index contributed by atoms with van der Waals surface area (Å²) in [6.45, 7) is 2.76. The normalized spacial score (nSPS) is 15.3. The van der Waals surface area contributed by atoms with Crippen molar-refractivity contribution in [2.45, 2.75) is 31.6 Å². The molecule has 0 bridgehead atoms. The van der Waals surface area contributed by atoms with Gasteiger partial charge in [-0.25, -0.2) is 15.0 Å². The lowest BCUT2D eigenvalue weighted by molar-refractivity contribution is 0.389. The number of nitrogens with one attached hydrogen (secondary N) is 1. The Labute approximate surface area is 251 Å². The molecule has 0 amide bonds. The van der Waals surface area contributed by atoms with Gasteiger partial charge < -0.3 is 29.1 Å². The zero-order valence-corrected chi connectivity index (χ0v) is 24.6. The van der Waals surface area contributed by atoms with Crippen LogP contribution in [0.1, 0.15) is 36.5 Å². The Kier molecular flexibility index (Phi) is 8.76. The molecule has 2 aromatic heterocycles. The molecule has 0 saturated heterocycles. The summed E-state index contributed by atoms with van der Waals surface area (Å²) >= 11 is 0. The van der Waals surface area contributed by atoms with Crippen molar-refractivity contribution in [1.82, 2.24) is 15.0 Å². The minimum absolute atomic E-state index is 0.326. The number of aromatic nitrogens is 3. The Hall–Kier alpha value is -5.11. The SMILES string of the molecule is COc1ccc(CCCC2(C)CN([B]C=O)c3c(C#N)cc(-c4ccnc(Nc5cccnc5OC)n4)cc32)c(OC)c1. The highest BCUT2D eigenvalue weighted by atomic mass is 16.5. The van der Waals surface area contributed by atoms with Gasteiger partial charge in [0, 0.05) is 41.7 Å². The smallest absolute Gasteiger partial charge is 0.329 e. The van der Waals surface area contributed by atoms with E-state index in [4.69, 9.17) is 19.2 Å². The number of aryl methyl sites for hydroxylation is 1. The number of nitrogens with zero attached hydrogens (tertiary/aromatic N) is 5. The molecule has 0 aliphatic carbocycles. The molecule has 43 heavy (non-hydrogen) atoms. The van der Waals surface area contributed by atoms with Crippen molar-refractivity contribution in [1.29, 1.82) is 5.26 Å². The molecule has 2 aromatic carbocycles. The zero-order valence-electron chi connectivity index (χ0n) is 24.6. The fraction of sp³-hybridized carbons (Fsp3) is 0.281. The lowest BCUT2D eigenvalue weighted by Crippen LogP contribution is -2.34. The van der Waals surface area contributed by atoms with Crippen LogP contribution in [0, 0.1) is 11.3 Å². The first-order chi connectivity index (χ1) is 20.9. The van der Waals surface area contributed by atoms with Crippen molar-refractivity contribution in [3.8, 4) is 34.7 Å². The van der Waals surface area contributed by atoms with Crippen molar-refractivity contribution in [3.63, 3.8) is 0 Å². The minimum Gasteiger partial charge on any atom is -0.497 e. The third-order valence-electron chi connectivity index (χ3n) is 7.76. The quantitative estimate of drug-likeness (QED) is 0.181. The van der Waals surface area contributed by atoms with Crippen LogP contribution in [0.2, 0.25) is 0 Å². The number of ether oxygens (including phenoxy) is 3. The number of hydrogen-bond acceptors (Lipinski definition) is 10. The van der Waals surface area contributed by atoms with Crippen LogP contribution in [0.4, 0.5) is 17.3 Å². The van der Waals surface area contributed by atoms with Gasteiger partial charge in [0.25, 0.3) is 0 Å². The molecule has 0 spiro atoms. The number of carbonyl (C=O) groups excluding carboxylic acids is 1. The largest absolute Gasteiger partial charge is 0.497 e. The number of pyridine rings is 1. The molecule has 3 heterocycles. The molecule has 4 aromatic rings. The van der Waals surface area contributed by atoms with Gasteiger partial charge in [0.05, 0.1) is 32.6 Å². The highest BCUT2D eigenvalue weighted by Crippen LogP contribution is 2.47. The van der Waals surface area contributed by atoms with E-state index in [-0.39, 0.29) is 5.41 Å². The van der Waals surface area contributed by atoms with E-state index in [1.165, 1.54) is 7.41 Å². The predicted octanol–water partition coefficient (Wildman–Crippen LogP) is 5.09. The standard InChI is InChI=1S/C32H32BN6O4/c1-32(12-5-7-21-9-10-24(41-2)17-28(21)42-3)19-39(33-20-40)29-23(18-34)15-22(16-25(29)32)26-11-14-36-31(37-26)38-27-8-6-13-35-30(27)43-4/h6,8-11,13-17,20H,5,7,12,19H2,1-4H3,(H,36,37,38).